The van der Waals surface area contributed by atoms with E-state index >= 15 is 0 Å². The van der Waals surface area contributed by atoms with E-state index in [-0.39, 0.29) is 5.82 Å². The maximum atomic E-state index is 13.1. The average molecular weight is 331 g/mol. The van der Waals surface area contributed by atoms with Gasteiger partial charge in [0.15, 0.2) is 0 Å². The molecule has 1 atom stereocenters. The van der Waals surface area contributed by atoms with Gasteiger partial charge in [-0.1, -0.05) is 0 Å². The number of carboxylic acids is 1. The van der Waals surface area contributed by atoms with Crippen LogP contribution < -0.4 is 5.73 Å². The molecule has 0 amide bonds. The van der Waals surface area contributed by atoms with Gasteiger partial charge in [0.25, 0.3) is 0 Å². The summed E-state index contributed by atoms with van der Waals surface area (Å²) in [6, 6.07) is 3.34. The predicted octanol–water partition coefficient (Wildman–Crippen LogP) is 2.80. The summed E-state index contributed by atoms with van der Waals surface area (Å²) < 4.78 is 13.4. The molecule has 2 rings (SSSR count). The molecule has 3 N–H and O–H groups in total. The fourth-order valence-electron chi connectivity index (χ4n) is 1.32. The van der Waals surface area contributed by atoms with Gasteiger partial charge in [0.05, 0.1) is 10.2 Å². The smallest absolute Gasteiger partial charge is 0.326 e. The first-order valence-electron chi connectivity index (χ1n) is 4.88. The van der Waals surface area contributed by atoms with E-state index in [9.17, 15) is 9.18 Å². The quantitative estimate of drug-likeness (QED) is 0.907. The number of benzene rings is 1. The maximum Gasteiger partial charge on any atom is 0.326 e. The SMILES string of the molecule is NC(C(=O)O)c1csc(-c2ccc(F)c(Br)c2)n1. The average Bonchev–Trinajstić information content (AvgIpc) is 2.81. The molecule has 0 bridgehead atoms. The lowest BCUT2D eigenvalue weighted by atomic mass is 10.2. The second kappa shape index (κ2) is 5.13. The summed E-state index contributed by atoms with van der Waals surface area (Å²) >= 11 is 4.35. The van der Waals surface area contributed by atoms with Crippen molar-refractivity contribution in [2.75, 3.05) is 0 Å². The minimum absolute atomic E-state index is 0.294. The van der Waals surface area contributed by atoms with Crippen LogP contribution in [0.5, 0.6) is 0 Å². The monoisotopic (exact) mass is 330 g/mol. The lowest BCUT2D eigenvalue weighted by Crippen LogP contribution is -2.20. The zero-order valence-corrected chi connectivity index (χ0v) is 11.3. The van der Waals surface area contributed by atoms with Crippen LogP contribution in [0.1, 0.15) is 11.7 Å². The molecule has 0 aliphatic heterocycles. The third-order valence-corrected chi connectivity index (χ3v) is 3.79. The fourth-order valence-corrected chi connectivity index (χ4v) is 2.55. The molecule has 0 radical (unpaired) electrons. The summed E-state index contributed by atoms with van der Waals surface area (Å²) in [6.07, 6.45) is 0. The maximum absolute atomic E-state index is 13.1. The Balaban J connectivity index is 2.35. The molecular formula is C11H8BrFN2O2S. The van der Waals surface area contributed by atoms with E-state index in [1.807, 2.05) is 0 Å². The van der Waals surface area contributed by atoms with Crippen molar-refractivity contribution in [1.29, 1.82) is 0 Å². The minimum atomic E-state index is -1.14. The number of aromatic nitrogens is 1. The molecule has 1 aromatic carbocycles. The van der Waals surface area contributed by atoms with Crippen molar-refractivity contribution in [2.24, 2.45) is 5.73 Å². The molecular weight excluding hydrogens is 323 g/mol. The molecule has 0 aliphatic carbocycles. The summed E-state index contributed by atoms with van der Waals surface area (Å²) in [6.45, 7) is 0. The van der Waals surface area contributed by atoms with E-state index in [4.69, 9.17) is 10.8 Å². The van der Waals surface area contributed by atoms with Gasteiger partial charge in [-0.05, 0) is 34.1 Å². The zero-order chi connectivity index (χ0) is 13.3. The van der Waals surface area contributed by atoms with Crippen LogP contribution in [0.3, 0.4) is 0 Å². The highest BCUT2D eigenvalue weighted by molar-refractivity contribution is 9.10. The number of hydrogen-bond donors (Lipinski definition) is 2. The molecule has 94 valence electrons. The van der Waals surface area contributed by atoms with E-state index in [1.165, 1.54) is 17.4 Å². The lowest BCUT2D eigenvalue weighted by molar-refractivity contribution is -0.138. The number of carboxylic acid groups (broad SMARTS) is 1. The van der Waals surface area contributed by atoms with Crippen molar-refractivity contribution in [1.82, 2.24) is 4.98 Å². The van der Waals surface area contributed by atoms with Crippen LogP contribution >= 0.6 is 27.3 Å². The molecule has 0 saturated heterocycles. The van der Waals surface area contributed by atoms with Gasteiger partial charge in [0.1, 0.15) is 16.9 Å². The number of aliphatic carboxylic acids is 1. The van der Waals surface area contributed by atoms with Gasteiger partial charge in [-0.2, -0.15) is 0 Å². The van der Waals surface area contributed by atoms with Crippen LogP contribution in [0.25, 0.3) is 10.6 Å². The molecule has 0 fully saturated rings. The highest BCUT2D eigenvalue weighted by Gasteiger charge is 2.18. The Morgan fingerprint density at radius 1 is 1.56 bits per heavy atom. The van der Waals surface area contributed by atoms with Gasteiger partial charge < -0.3 is 10.8 Å². The molecule has 1 heterocycles. The zero-order valence-electron chi connectivity index (χ0n) is 8.93. The Morgan fingerprint density at radius 2 is 2.28 bits per heavy atom. The lowest BCUT2D eigenvalue weighted by Gasteiger charge is -2.01. The number of halogens is 2. The van der Waals surface area contributed by atoms with Crippen LogP contribution in [-0.2, 0) is 4.79 Å². The van der Waals surface area contributed by atoms with E-state index in [0.717, 1.165) is 0 Å². The number of nitrogens with two attached hydrogens (primary N) is 1. The Labute approximate surface area is 114 Å². The largest absolute Gasteiger partial charge is 0.480 e. The van der Waals surface area contributed by atoms with Gasteiger partial charge in [-0.15, -0.1) is 11.3 Å². The molecule has 1 unspecified atom stereocenters. The van der Waals surface area contributed by atoms with Crippen LogP contribution in [0.15, 0.2) is 28.1 Å². The van der Waals surface area contributed by atoms with Crippen LogP contribution in [0, 0.1) is 5.82 Å². The van der Waals surface area contributed by atoms with Gasteiger partial charge in [-0.25, -0.2) is 9.37 Å². The molecule has 0 saturated carbocycles. The molecule has 0 aliphatic rings. The van der Waals surface area contributed by atoms with Crippen LogP contribution in [-0.4, -0.2) is 16.1 Å². The van der Waals surface area contributed by atoms with E-state index < -0.39 is 12.0 Å². The second-order valence-electron chi connectivity index (χ2n) is 3.52. The first-order chi connectivity index (χ1) is 8.49. The first-order valence-corrected chi connectivity index (χ1v) is 6.55. The van der Waals surface area contributed by atoms with Crippen LogP contribution in [0.4, 0.5) is 4.39 Å². The van der Waals surface area contributed by atoms with Crippen molar-refractivity contribution in [3.63, 3.8) is 0 Å². The van der Waals surface area contributed by atoms with Gasteiger partial charge in [-0.3, -0.25) is 4.79 Å². The topological polar surface area (TPSA) is 76.2 Å². The third-order valence-electron chi connectivity index (χ3n) is 2.27. The summed E-state index contributed by atoms with van der Waals surface area (Å²) in [5.41, 5.74) is 6.46. The van der Waals surface area contributed by atoms with Crippen molar-refractivity contribution in [3.05, 3.63) is 39.6 Å². The van der Waals surface area contributed by atoms with Crippen molar-refractivity contribution in [3.8, 4) is 10.6 Å². The molecule has 4 nitrogen and oxygen atoms in total. The summed E-state index contributed by atoms with van der Waals surface area (Å²) in [7, 11) is 0. The summed E-state index contributed by atoms with van der Waals surface area (Å²) in [5, 5.41) is 11.0. The van der Waals surface area contributed by atoms with E-state index in [2.05, 4.69) is 20.9 Å². The Bertz CT molecular complexity index is 602. The van der Waals surface area contributed by atoms with Crippen molar-refractivity contribution in [2.45, 2.75) is 6.04 Å². The Morgan fingerprint density at radius 3 is 2.89 bits per heavy atom. The summed E-state index contributed by atoms with van der Waals surface area (Å²) in [4.78, 5) is 14.9. The van der Waals surface area contributed by atoms with E-state index in [0.29, 0.717) is 20.7 Å². The second-order valence-corrected chi connectivity index (χ2v) is 5.23. The van der Waals surface area contributed by atoms with Gasteiger partial charge >= 0.3 is 5.97 Å². The van der Waals surface area contributed by atoms with Crippen molar-refractivity contribution < 1.29 is 14.3 Å². The number of rotatable bonds is 3. The molecule has 2 aromatic rings. The Hall–Kier alpha value is -1.31. The highest BCUT2D eigenvalue weighted by Crippen LogP contribution is 2.29. The molecule has 1 aromatic heterocycles. The van der Waals surface area contributed by atoms with Gasteiger partial charge in [0, 0.05) is 10.9 Å². The third kappa shape index (κ3) is 2.58. The van der Waals surface area contributed by atoms with Gasteiger partial charge in [0.2, 0.25) is 0 Å². The predicted molar refractivity (Wildman–Crippen MR) is 69.8 cm³/mol. The Kier molecular flexibility index (Phi) is 3.74. The fraction of sp³-hybridized carbons (Fsp3) is 0.0909. The number of carbonyl (C=O) groups is 1. The number of hydrogen-bond acceptors (Lipinski definition) is 4. The highest BCUT2D eigenvalue weighted by atomic mass is 79.9. The molecule has 18 heavy (non-hydrogen) atoms. The first kappa shape index (κ1) is 13.1. The van der Waals surface area contributed by atoms with Crippen LogP contribution in [0.2, 0.25) is 0 Å². The number of nitrogens with zero attached hydrogens (tertiary/aromatic N) is 1. The standard InChI is InChI=1S/C11H8BrFN2O2S/c12-6-3-5(1-2-7(6)13)10-15-8(4-18-10)9(14)11(16)17/h1-4,9H,14H2,(H,16,17). The minimum Gasteiger partial charge on any atom is -0.480 e. The van der Waals surface area contributed by atoms with E-state index in [1.54, 1.807) is 17.5 Å². The summed E-state index contributed by atoms with van der Waals surface area (Å²) in [5.74, 6) is -1.50. The normalized spacial score (nSPS) is 12.4. The van der Waals surface area contributed by atoms with Crippen molar-refractivity contribution >= 4 is 33.2 Å². The molecule has 0 spiro atoms. The molecule has 7 heteroatoms. The number of thiazole rings is 1.